The maximum absolute atomic E-state index is 12.4. The zero-order valence-corrected chi connectivity index (χ0v) is 17.9. The number of imidazole rings is 1. The Balaban J connectivity index is 1.61. The van der Waals surface area contributed by atoms with Gasteiger partial charge in [0, 0.05) is 6.04 Å². The van der Waals surface area contributed by atoms with Gasteiger partial charge in [0.2, 0.25) is 0 Å². The number of methoxy groups -OCH3 is 1. The molecular formula is C21H25N5O3S. The molecule has 0 bridgehead atoms. The van der Waals surface area contributed by atoms with Gasteiger partial charge < -0.3 is 19.4 Å². The molecule has 2 heterocycles. The minimum Gasteiger partial charge on any atom is -0.510 e. The van der Waals surface area contributed by atoms with Gasteiger partial charge in [-0.15, -0.1) is 10.2 Å². The second kappa shape index (κ2) is 8.91. The van der Waals surface area contributed by atoms with Crippen molar-refractivity contribution in [3.05, 3.63) is 41.7 Å². The van der Waals surface area contributed by atoms with E-state index in [1.54, 1.807) is 0 Å². The highest BCUT2D eigenvalue weighted by Gasteiger charge is 2.25. The van der Waals surface area contributed by atoms with Crippen molar-refractivity contribution in [3.8, 4) is 0 Å². The number of aliphatic hydroxyl groups excluding tert-OH is 1. The number of thioether (sulfide) groups is 1. The van der Waals surface area contributed by atoms with Crippen LogP contribution in [-0.2, 0) is 9.53 Å². The van der Waals surface area contributed by atoms with Crippen LogP contribution in [0.25, 0.3) is 16.6 Å². The smallest absolute Gasteiger partial charge is 0.345 e. The van der Waals surface area contributed by atoms with Gasteiger partial charge >= 0.3 is 5.97 Å². The molecule has 0 aliphatic heterocycles. The molecule has 0 saturated heterocycles. The summed E-state index contributed by atoms with van der Waals surface area (Å²) >= 11 is 1.36. The van der Waals surface area contributed by atoms with E-state index in [0.29, 0.717) is 11.6 Å². The van der Waals surface area contributed by atoms with Gasteiger partial charge in [0.05, 0.1) is 23.9 Å². The van der Waals surface area contributed by atoms with Crippen molar-refractivity contribution in [3.63, 3.8) is 0 Å². The van der Waals surface area contributed by atoms with E-state index in [1.807, 2.05) is 31.2 Å². The number of aryl methyl sites for hydroxylation is 1. The molecule has 0 unspecified atom stereocenters. The van der Waals surface area contributed by atoms with Crippen molar-refractivity contribution in [1.82, 2.24) is 24.7 Å². The minimum absolute atomic E-state index is 0.0293. The standard InChI is InChI=1S/C21H25N5O3S/c1-13-24-25-21(26(13)14-8-4-3-5-9-14)30-12-17(27)18(20(28)29-2)19-22-15-10-6-7-11-16(15)23-19/h6-7,10-11,14,27H,3-5,8-9,12H2,1-2H3,(H,22,23). The quantitative estimate of drug-likeness (QED) is 0.263. The van der Waals surface area contributed by atoms with Gasteiger partial charge in [-0.3, -0.25) is 0 Å². The summed E-state index contributed by atoms with van der Waals surface area (Å²) in [7, 11) is 1.29. The van der Waals surface area contributed by atoms with Gasteiger partial charge in [0.1, 0.15) is 23.0 Å². The number of hydrogen-bond acceptors (Lipinski definition) is 7. The monoisotopic (exact) mass is 427 g/mol. The number of benzene rings is 1. The fourth-order valence-corrected chi connectivity index (χ4v) is 4.87. The fraction of sp³-hybridized carbons (Fsp3) is 0.429. The lowest BCUT2D eigenvalue weighted by atomic mass is 9.95. The van der Waals surface area contributed by atoms with Gasteiger partial charge in [-0.05, 0) is 31.9 Å². The summed E-state index contributed by atoms with van der Waals surface area (Å²) in [6, 6.07) is 7.83. The predicted octanol–water partition coefficient (Wildman–Crippen LogP) is 4.20. The third-order valence-corrected chi connectivity index (χ3v) is 6.37. The van der Waals surface area contributed by atoms with Crippen LogP contribution in [0, 0.1) is 6.92 Å². The molecule has 0 spiro atoms. The van der Waals surface area contributed by atoms with Gasteiger partial charge in [-0.2, -0.15) is 0 Å². The number of aromatic nitrogens is 5. The number of ether oxygens (including phenoxy) is 1. The number of para-hydroxylation sites is 2. The summed E-state index contributed by atoms with van der Waals surface area (Å²) in [6.07, 6.45) is 5.90. The molecule has 9 heteroatoms. The van der Waals surface area contributed by atoms with E-state index in [4.69, 9.17) is 4.74 Å². The second-order valence-electron chi connectivity index (χ2n) is 7.40. The number of carbonyl (C=O) groups is 1. The first kappa shape index (κ1) is 20.5. The number of fused-ring (bicyclic) bond motifs is 1. The first-order valence-corrected chi connectivity index (χ1v) is 11.1. The highest BCUT2D eigenvalue weighted by Crippen LogP contribution is 2.33. The molecule has 1 fully saturated rings. The summed E-state index contributed by atoms with van der Waals surface area (Å²) in [4.78, 5) is 19.9. The largest absolute Gasteiger partial charge is 0.510 e. The lowest BCUT2D eigenvalue weighted by Gasteiger charge is -2.25. The topological polar surface area (TPSA) is 106 Å². The molecule has 0 amide bonds. The van der Waals surface area contributed by atoms with Crippen molar-refractivity contribution in [1.29, 1.82) is 0 Å². The highest BCUT2D eigenvalue weighted by molar-refractivity contribution is 7.99. The van der Waals surface area contributed by atoms with Gasteiger partial charge in [0.15, 0.2) is 5.16 Å². The summed E-state index contributed by atoms with van der Waals surface area (Å²) < 4.78 is 7.06. The molecule has 2 aromatic heterocycles. The van der Waals surface area contributed by atoms with Crippen LogP contribution in [0.3, 0.4) is 0 Å². The van der Waals surface area contributed by atoms with E-state index in [-0.39, 0.29) is 22.9 Å². The van der Waals surface area contributed by atoms with Crippen LogP contribution in [0.4, 0.5) is 0 Å². The zero-order valence-electron chi connectivity index (χ0n) is 17.1. The number of carbonyl (C=O) groups excluding carboxylic acids is 1. The molecule has 0 atom stereocenters. The Morgan fingerprint density at radius 3 is 2.77 bits per heavy atom. The molecule has 1 aliphatic carbocycles. The maximum Gasteiger partial charge on any atom is 0.345 e. The van der Waals surface area contributed by atoms with E-state index in [2.05, 4.69) is 24.7 Å². The van der Waals surface area contributed by atoms with Crippen molar-refractivity contribution >= 4 is 34.3 Å². The van der Waals surface area contributed by atoms with E-state index < -0.39 is 5.97 Å². The Labute approximate surface area is 178 Å². The van der Waals surface area contributed by atoms with Crippen LogP contribution in [0.5, 0.6) is 0 Å². The van der Waals surface area contributed by atoms with Crippen LogP contribution in [0.15, 0.2) is 35.2 Å². The summed E-state index contributed by atoms with van der Waals surface area (Å²) in [5.41, 5.74) is 1.52. The Morgan fingerprint density at radius 1 is 1.27 bits per heavy atom. The average Bonchev–Trinajstić information content (AvgIpc) is 3.35. The zero-order chi connectivity index (χ0) is 21.1. The Morgan fingerprint density at radius 2 is 2.03 bits per heavy atom. The molecule has 158 valence electrons. The van der Waals surface area contributed by atoms with Crippen LogP contribution in [0.1, 0.15) is 49.8 Å². The van der Waals surface area contributed by atoms with Crippen molar-refractivity contribution in [2.75, 3.05) is 12.9 Å². The van der Waals surface area contributed by atoms with Crippen LogP contribution in [-0.4, -0.2) is 48.7 Å². The van der Waals surface area contributed by atoms with E-state index in [9.17, 15) is 9.90 Å². The molecule has 30 heavy (non-hydrogen) atoms. The van der Waals surface area contributed by atoms with Crippen LogP contribution >= 0.6 is 11.8 Å². The number of rotatable bonds is 6. The first-order chi connectivity index (χ1) is 14.6. The SMILES string of the molecule is COC(=O)C(=C(O)CSc1nnc(C)n1C1CCCCC1)c1nc2ccccc2[nH]1. The van der Waals surface area contributed by atoms with Crippen molar-refractivity contribution in [2.24, 2.45) is 0 Å². The van der Waals surface area contributed by atoms with E-state index in [0.717, 1.165) is 29.3 Å². The van der Waals surface area contributed by atoms with Gasteiger partial charge in [0.25, 0.3) is 0 Å². The first-order valence-electron chi connectivity index (χ1n) is 10.1. The Kier molecular flexibility index (Phi) is 6.08. The second-order valence-corrected chi connectivity index (χ2v) is 8.34. The third-order valence-electron chi connectivity index (χ3n) is 5.42. The normalized spacial score (nSPS) is 15.9. The van der Waals surface area contributed by atoms with E-state index in [1.165, 1.54) is 38.1 Å². The average molecular weight is 428 g/mol. The third kappa shape index (κ3) is 4.07. The number of aromatic amines is 1. The molecule has 2 N–H and O–H groups in total. The number of H-pyrrole nitrogens is 1. The summed E-state index contributed by atoms with van der Waals surface area (Å²) in [5.74, 6) is 0.565. The fourth-order valence-electron chi connectivity index (χ4n) is 3.94. The molecule has 1 aliphatic rings. The number of nitrogens with one attached hydrogen (secondary N) is 1. The minimum atomic E-state index is -0.642. The molecule has 1 saturated carbocycles. The molecule has 8 nitrogen and oxygen atoms in total. The van der Waals surface area contributed by atoms with Gasteiger partial charge in [-0.1, -0.05) is 43.2 Å². The number of esters is 1. The Bertz CT molecular complexity index is 1050. The summed E-state index contributed by atoms with van der Waals surface area (Å²) in [6.45, 7) is 1.95. The molecule has 4 rings (SSSR count). The predicted molar refractivity (Wildman–Crippen MR) is 115 cm³/mol. The highest BCUT2D eigenvalue weighted by atomic mass is 32.2. The number of aliphatic hydroxyl groups is 1. The van der Waals surface area contributed by atoms with Crippen LogP contribution in [0.2, 0.25) is 0 Å². The van der Waals surface area contributed by atoms with Crippen molar-refractivity contribution in [2.45, 2.75) is 50.2 Å². The molecular weight excluding hydrogens is 402 g/mol. The summed E-state index contributed by atoms with van der Waals surface area (Å²) in [5, 5.41) is 20.1. The van der Waals surface area contributed by atoms with Gasteiger partial charge in [-0.25, -0.2) is 9.78 Å². The Hall–Kier alpha value is -2.81. The number of hydrogen-bond donors (Lipinski definition) is 2. The lowest BCUT2D eigenvalue weighted by Crippen LogP contribution is -2.15. The van der Waals surface area contributed by atoms with Crippen LogP contribution < -0.4 is 0 Å². The maximum atomic E-state index is 12.4. The van der Waals surface area contributed by atoms with E-state index >= 15 is 0 Å². The molecule has 0 radical (unpaired) electrons. The van der Waals surface area contributed by atoms with Crippen molar-refractivity contribution < 1.29 is 14.6 Å². The number of nitrogens with zero attached hydrogens (tertiary/aromatic N) is 4. The molecule has 1 aromatic carbocycles. The molecule has 3 aromatic rings. The lowest BCUT2D eigenvalue weighted by molar-refractivity contribution is -0.133.